The van der Waals surface area contributed by atoms with E-state index in [-0.39, 0.29) is 37.4 Å². The lowest BCUT2D eigenvalue weighted by molar-refractivity contribution is -0.0694. The van der Waals surface area contributed by atoms with E-state index in [9.17, 15) is 23.9 Å². The summed E-state index contributed by atoms with van der Waals surface area (Å²) >= 11 is 0. The van der Waals surface area contributed by atoms with E-state index in [1.54, 1.807) is 20.0 Å². The molecule has 1 aliphatic heterocycles. The second-order valence-corrected chi connectivity index (χ2v) is 8.07. The molecule has 2 aromatic rings. The van der Waals surface area contributed by atoms with Crippen molar-refractivity contribution in [2.24, 2.45) is 0 Å². The number of aromatic nitrogens is 2. The standard InChI is InChI=1S/C23H28FN5O6/c1-14-13-29(19-6-5-18(35-19)21(31)26-2)23(33)28(22(14)32)8-10-34-9-7-27-20(30)15-3-4-17(24)16(11-15)12-25/h3-4,11,13,18-19,21,26,31H,5-10H2,1-2H3,(H,27,30)/t18-,19+,21-/m0/s1. The fraction of sp³-hybridized carbons (Fsp3) is 0.478. The van der Waals surface area contributed by atoms with Gasteiger partial charge in [-0.3, -0.25) is 24.0 Å². The van der Waals surface area contributed by atoms with Gasteiger partial charge in [0.05, 0.1) is 31.4 Å². The van der Waals surface area contributed by atoms with Crippen LogP contribution in [0.2, 0.25) is 0 Å². The summed E-state index contributed by atoms with van der Waals surface area (Å²) in [5, 5.41) is 24.1. The average molecular weight is 490 g/mol. The van der Waals surface area contributed by atoms with E-state index >= 15 is 0 Å². The first-order valence-corrected chi connectivity index (χ1v) is 11.2. The Labute approximate surface area is 200 Å². The van der Waals surface area contributed by atoms with Gasteiger partial charge in [0, 0.05) is 23.9 Å². The maximum absolute atomic E-state index is 13.4. The van der Waals surface area contributed by atoms with Crippen LogP contribution in [-0.2, 0) is 16.0 Å². The van der Waals surface area contributed by atoms with Gasteiger partial charge >= 0.3 is 5.69 Å². The number of ether oxygens (including phenoxy) is 2. The lowest BCUT2D eigenvalue weighted by Gasteiger charge is -2.20. The number of carbonyl (C=O) groups is 1. The number of aliphatic hydroxyl groups is 1. The minimum Gasteiger partial charge on any atom is -0.378 e. The van der Waals surface area contributed by atoms with Crippen molar-refractivity contribution in [1.29, 1.82) is 5.26 Å². The Balaban J connectivity index is 1.53. The molecule has 35 heavy (non-hydrogen) atoms. The van der Waals surface area contributed by atoms with Crippen LogP contribution in [0.5, 0.6) is 0 Å². The van der Waals surface area contributed by atoms with E-state index in [2.05, 4.69) is 10.6 Å². The van der Waals surface area contributed by atoms with Crippen molar-refractivity contribution in [3.05, 3.63) is 67.7 Å². The minimum absolute atomic E-state index is 0.00603. The number of nitriles is 1. The fourth-order valence-corrected chi connectivity index (χ4v) is 3.78. The first-order valence-electron chi connectivity index (χ1n) is 11.2. The first kappa shape index (κ1) is 26.2. The molecule has 0 radical (unpaired) electrons. The van der Waals surface area contributed by atoms with Crippen LogP contribution in [0.25, 0.3) is 0 Å². The summed E-state index contributed by atoms with van der Waals surface area (Å²) < 4.78 is 27.1. The van der Waals surface area contributed by atoms with Crippen molar-refractivity contribution in [2.75, 3.05) is 26.8 Å². The normalized spacial score (nSPS) is 18.3. The monoisotopic (exact) mass is 489 g/mol. The Hall–Kier alpha value is -3.37. The summed E-state index contributed by atoms with van der Waals surface area (Å²) in [6.45, 7) is 1.91. The Morgan fingerprint density at radius 3 is 2.86 bits per heavy atom. The Kier molecular flexibility index (Phi) is 8.89. The fourth-order valence-electron chi connectivity index (χ4n) is 3.78. The number of benzene rings is 1. The third kappa shape index (κ3) is 6.20. The molecule has 1 aromatic heterocycles. The van der Waals surface area contributed by atoms with Gasteiger partial charge in [-0.15, -0.1) is 0 Å². The molecule has 1 aliphatic rings. The third-order valence-corrected chi connectivity index (χ3v) is 5.70. The van der Waals surface area contributed by atoms with Crippen molar-refractivity contribution < 1.29 is 23.8 Å². The number of carbonyl (C=O) groups excluding carboxylic acids is 1. The van der Waals surface area contributed by atoms with Crippen LogP contribution in [-0.4, -0.2) is 59.3 Å². The number of nitrogens with zero attached hydrogens (tertiary/aromatic N) is 3. The zero-order chi connectivity index (χ0) is 25.5. The molecule has 3 N–H and O–H groups in total. The van der Waals surface area contributed by atoms with Crippen molar-refractivity contribution >= 4 is 5.91 Å². The number of nitrogens with one attached hydrogen (secondary N) is 2. The third-order valence-electron chi connectivity index (χ3n) is 5.70. The van der Waals surface area contributed by atoms with Gasteiger partial charge in [-0.1, -0.05) is 0 Å². The molecule has 11 nitrogen and oxygen atoms in total. The van der Waals surface area contributed by atoms with E-state index in [1.165, 1.54) is 16.8 Å². The molecule has 1 amide bonds. The number of rotatable bonds is 10. The molecule has 2 heterocycles. The molecule has 3 atom stereocenters. The van der Waals surface area contributed by atoms with Gasteiger partial charge in [0.1, 0.15) is 24.3 Å². The molecule has 0 spiro atoms. The Morgan fingerprint density at radius 2 is 2.14 bits per heavy atom. The summed E-state index contributed by atoms with van der Waals surface area (Å²) in [6.07, 6.45) is 0.627. The minimum atomic E-state index is -0.854. The van der Waals surface area contributed by atoms with Crippen molar-refractivity contribution in [3.63, 3.8) is 0 Å². The van der Waals surface area contributed by atoms with Crippen LogP contribution in [0, 0.1) is 24.1 Å². The molecular formula is C23H28FN5O6. The quantitative estimate of drug-likeness (QED) is 0.312. The van der Waals surface area contributed by atoms with E-state index in [0.29, 0.717) is 18.4 Å². The summed E-state index contributed by atoms with van der Waals surface area (Å²) in [5.41, 5.74) is -0.674. The second-order valence-electron chi connectivity index (χ2n) is 8.07. The van der Waals surface area contributed by atoms with Crippen molar-refractivity contribution in [3.8, 4) is 6.07 Å². The summed E-state index contributed by atoms with van der Waals surface area (Å²) in [5.74, 6) is -1.19. The van der Waals surface area contributed by atoms with Crippen molar-refractivity contribution in [1.82, 2.24) is 19.8 Å². The molecule has 0 unspecified atom stereocenters. The predicted octanol–water partition coefficient (Wildman–Crippen LogP) is -0.00880. The molecule has 1 aromatic carbocycles. The molecule has 3 rings (SSSR count). The van der Waals surface area contributed by atoms with Crippen LogP contribution in [0.1, 0.15) is 40.6 Å². The molecular weight excluding hydrogens is 461 g/mol. The van der Waals surface area contributed by atoms with Crippen LogP contribution >= 0.6 is 0 Å². The molecule has 0 bridgehead atoms. The highest BCUT2D eigenvalue weighted by Gasteiger charge is 2.32. The van der Waals surface area contributed by atoms with Crippen LogP contribution < -0.4 is 21.9 Å². The zero-order valence-electron chi connectivity index (χ0n) is 19.5. The van der Waals surface area contributed by atoms with E-state index < -0.39 is 41.5 Å². The maximum atomic E-state index is 13.4. The number of hydrogen-bond acceptors (Lipinski definition) is 8. The Bertz CT molecular complexity index is 1220. The zero-order valence-corrected chi connectivity index (χ0v) is 19.5. The van der Waals surface area contributed by atoms with Gasteiger partial charge < -0.3 is 19.9 Å². The Morgan fingerprint density at radius 1 is 1.37 bits per heavy atom. The van der Waals surface area contributed by atoms with Gasteiger partial charge in [-0.2, -0.15) is 5.26 Å². The average Bonchev–Trinajstić information content (AvgIpc) is 3.35. The van der Waals surface area contributed by atoms with Gasteiger partial charge in [0.15, 0.2) is 0 Å². The highest BCUT2D eigenvalue weighted by Crippen LogP contribution is 2.28. The van der Waals surface area contributed by atoms with Gasteiger partial charge in [0.2, 0.25) is 0 Å². The number of aryl methyl sites for hydroxylation is 1. The second kappa shape index (κ2) is 11.9. The summed E-state index contributed by atoms with van der Waals surface area (Å²) in [7, 11) is 1.61. The lowest BCUT2D eigenvalue weighted by atomic mass is 10.1. The highest BCUT2D eigenvalue weighted by atomic mass is 19.1. The molecule has 0 aliphatic carbocycles. The number of amides is 1. The number of aliphatic hydroxyl groups excluding tert-OH is 1. The molecule has 1 saturated heterocycles. The van der Waals surface area contributed by atoms with Crippen molar-refractivity contribution in [2.45, 2.75) is 44.9 Å². The molecule has 12 heteroatoms. The largest absolute Gasteiger partial charge is 0.378 e. The lowest BCUT2D eigenvalue weighted by Crippen LogP contribution is -2.43. The smallest absolute Gasteiger partial charge is 0.333 e. The van der Waals surface area contributed by atoms with E-state index in [4.69, 9.17) is 14.7 Å². The van der Waals surface area contributed by atoms with Gasteiger partial charge in [0.25, 0.3) is 11.5 Å². The first-order chi connectivity index (χ1) is 16.8. The highest BCUT2D eigenvalue weighted by molar-refractivity contribution is 5.94. The number of likely N-dealkylation sites (N-methyl/N-ethyl adjacent to an activating group) is 1. The summed E-state index contributed by atoms with van der Waals surface area (Å²) in [4.78, 5) is 37.6. The number of halogens is 1. The predicted molar refractivity (Wildman–Crippen MR) is 122 cm³/mol. The molecule has 1 fully saturated rings. The molecule has 0 saturated carbocycles. The van der Waals surface area contributed by atoms with E-state index in [0.717, 1.165) is 16.7 Å². The van der Waals surface area contributed by atoms with Crippen LogP contribution in [0.15, 0.2) is 34.0 Å². The van der Waals surface area contributed by atoms with E-state index in [1.807, 2.05) is 0 Å². The SMILES string of the molecule is CN[C@@H](O)[C@@H]1CC[C@H](n2cc(C)c(=O)n(CCOCCNC(=O)c3ccc(F)c(C#N)c3)c2=O)O1. The topological polar surface area (TPSA) is 148 Å². The maximum Gasteiger partial charge on any atom is 0.333 e. The van der Waals surface area contributed by atoms with Crippen LogP contribution in [0.4, 0.5) is 4.39 Å². The van der Waals surface area contributed by atoms with Gasteiger partial charge in [-0.05, 0) is 45.0 Å². The van der Waals surface area contributed by atoms with Crippen LogP contribution in [0.3, 0.4) is 0 Å². The van der Waals surface area contributed by atoms with Gasteiger partial charge in [-0.25, -0.2) is 9.18 Å². The summed E-state index contributed by atoms with van der Waals surface area (Å²) in [6, 6.07) is 5.17. The number of hydrogen-bond donors (Lipinski definition) is 3. The molecule has 188 valence electrons.